The summed E-state index contributed by atoms with van der Waals surface area (Å²) < 4.78 is 5.47. The van der Waals surface area contributed by atoms with E-state index in [1.807, 2.05) is 0 Å². The number of unbranched alkanes of at least 4 members (excludes halogenated alkanes) is 3. The molecule has 0 bridgehead atoms. The Kier molecular flexibility index (Phi) is 6.47. The highest BCUT2D eigenvalue weighted by molar-refractivity contribution is 5.01. The zero-order valence-corrected chi connectivity index (χ0v) is 9.67. The summed E-state index contributed by atoms with van der Waals surface area (Å²) in [6.45, 7) is 2.97. The minimum atomic E-state index is -0.302. The van der Waals surface area contributed by atoms with Gasteiger partial charge in [0.25, 0.3) is 0 Å². The largest absolute Gasteiger partial charge is 0.390 e. The van der Waals surface area contributed by atoms with Crippen molar-refractivity contribution in [3.63, 3.8) is 0 Å². The first-order chi connectivity index (χ1) is 7.34. The molecular weight excluding hydrogens is 188 g/mol. The molecule has 0 radical (unpaired) electrons. The molecule has 2 nitrogen and oxygen atoms in total. The van der Waals surface area contributed by atoms with Crippen molar-refractivity contribution in [2.45, 2.75) is 64.1 Å². The van der Waals surface area contributed by atoms with E-state index in [0.717, 1.165) is 25.9 Å². The number of hydrogen-bond donors (Lipinski definition) is 1. The lowest BCUT2D eigenvalue weighted by Crippen LogP contribution is -2.33. The number of hydrogen-bond acceptors (Lipinski definition) is 2. The van der Waals surface area contributed by atoms with Gasteiger partial charge < -0.3 is 9.84 Å². The van der Waals surface area contributed by atoms with E-state index in [2.05, 4.69) is 18.8 Å². The second-order valence-corrected chi connectivity index (χ2v) is 4.13. The molecule has 0 saturated carbocycles. The van der Waals surface area contributed by atoms with Gasteiger partial charge in [0.15, 0.2) is 0 Å². The molecule has 0 aliphatic carbocycles. The molecule has 1 saturated heterocycles. The van der Waals surface area contributed by atoms with Gasteiger partial charge in [-0.25, -0.2) is 0 Å². The predicted molar refractivity (Wildman–Crippen MR) is 61.5 cm³/mol. The second-order valence-electron chi connectivity index (χ2n) is 4.13. The van der Waals surface area contributed by atoms with E-state index in [-0.39, 0.29) is 12.2 Å². The molecule has 1 heterocycles. The van der Waals surface area contributed by atoms with Crippen LogP contribution in [-0.2, 0) is 4.74 Å². The Morgan fingerprint density at radius 1 is 1.33 bits per heavy atom. The van der Waals surface area contributed by atoms with Gasteiger partial charge in [-0.15, -0.1) is 11.8 Å². The van der Waals surface area contributed by atoms with Crippen LogP contribution in [0.25, 0.3) is 0 Å². The Morgan fingerprint density at radius 2 is 2.20 bits per heavy atom. The molecule has 1 rings (SSSR count). The summed E-state index contributed by atoms with van der Waals surface area (Å²) in [6, 6.07) is 0. The Labute approximate surface area is 93.0 Å². The van der Waals surface area contributed by atoms with Crippen LogP contribution < -0.4 is 0 Å². The highest BCUT2D eigenvalue weighted by Gasteiger charge is 2.22. The third-order valence-electron chi connectivity index (χ3n) is 2.74. The summed E-state index contributed by atoms with van der Waals surface area (Å²) in [5, 5.41) is 9.62. The maximum atomic E-state index is 9.62. The summed E-state index contributed by atoms with van der Waals surface area (Å²) in [7, 11) is 0. The fourth-order valence-electron chi connectivity index (χ4n) is 1.74. The molecule has 0 aromatic heterocycles. The normalized spacial score (nSPS) is 25.7. The molecule has 1 N–H and O–H groups in total. The van der Waals surface area contributed by atoms with Crippen LogP contribution in [0.5, 0.6) is 0 Å². The monoisotopic (exact) mass is 210 g/mol. The molecule has 1 fully saturated rings. The van der Waals surface area contributed by atoms with Gasteiger partial charge in [0.2, 0.25) is 0 Å². The summed E-state index contributed by atoms with van der Waals surface area (Å²) in [5.41, 5.74) is 0. The van der Waals surface area contributed by atoms with Crippen molar-refractivity contribution >= 4 is 0 Å². The van der Waals surface area contributed by atoms with E-state index in [0.29, 0.717) is 6.42 Å². The van der Waals surface area contributed by atoms with Gasteiger partial charge in [0, 0.05) is 19.4 Å². The van der Waals surface area contributed by atoms with Gasteiger partial charge in [0.1, 0.15) is 0 Å². The molecule has 1 aliphatic rings. The zero-order valence-electron chi connectivity index (χ0n) is 9.67. The lowest BCUT2D eigenvalue weighted by molar-refractivity contribution is -0.0703. The Bertz CT molecular complexity index is 214. The summed E-state index contributed by atoms with van der Waals surface area (Å²) in [5.74, 6) is 6.26. The van der Waals surface area contributed by atoms with Crippen molar-refractivity contribution in [3.8, 4) is 11.8 Å². The first-order valence-corrected chi connectivity index (χ1v) is 6.10. The number of aliphatic hydroxyl groups is 1. The molecule has 0 unspecified atom stereocenters. The van der Waals surface area contributed by atoms with E-state index in [4.69, 9.17) is 4.74 Å². The van der Waals surface area contributed by atoms with Crippen molar-refractivity contribution in [2.24, 2.45) is 0 Å². The standard InChI is InChI=1S/C13H22O2/c1-2-3-4-5-6-7-10-13-12(14)9-8-11-15-13/h12-14H,2-5,8-11H2,1H3/t12-,13+/m0/s1. The Hall–Kier alpha value is -0.520. The van der Waals surface area contributed by atoms with E-state index in [1.54, 1.807) is 0 Å². The fourth-order valence-corrected chi connectivity index (χ4v) is 1.74. The summed E-state index contributed by atoms with van der Waals surface area (Å²) >= 11 is 0. The van der Waals surface area contributed by atoms with Crippen LogP contribution in [0.3, 0.4) is 0 Å². The van der Waals surface area contributed by atoms with Crippen molar-refractivity contribution in [3.05, 3.63) is 0 Å². The van der Waals surface area contributed by atoms with Crippen LogP contribution in [0, 0.1) is 11.8 Å². The van der Waals surface area contributed by atoms with Crippen LogP contribution in [0.1, 0.15) is 51.9 Å². The van der Waals surface area contributed by atoms with Gasteiger partial charge in [-0.1, -0.05) is 19.8 Å². The van der Waals surface area contributed by atoms with E-state index in [9.17, 15) is 5.11 Å². The maximum Gasteiger partial charge on any atom is 0.0942 e. The summed E-state index contributed by atoms with van der Waals surface area (Å²) in [4.78, 5) is 0. The van der Waals surface area contributed by atoms with Crippen molar-refractivity contribution in [1.29, 1.82) is 0 Å². The molecule has 15 heavy (non-hydrogen) atoms. The lowest BCUT2D eigenvalue weighted by Gasteiger charge is -2.26. The molecule has 0 spiro atoms. The van der Waals surface area contributed by atoms with Crippen molar-refractivity contribution < 1.29 is 9.84 Å². The number of aliphatic hydroxyl groups excluding tert-OH is 1. The van der Waals surface area contributed by atoms with Crippen LogP contribution in [0.2, 0.25) is 0 Å². The second kappa shape index (κ2) is 7.73. The molecule has 0 amide bonds. The lowest BCUT2D eigenvalue weighted by atomic mass is 10.0. The summed E-state index contributed by atoms with van der Waals surface area (Å²) in [6.07, 6.45) is 6.86. The molecule has 2 heteroatoms. The molecule has 2 atom stereocenters. The molecule has 0 aromatic rings. The van der Waals surface area contributed by atoms with E-state index >= 15 is 0 Å². The maximum absolute atomic E-state index is 9.62. The van der Waals surface area contributed by atoms with Crippen molar-refractivity contribution in [1.82, 2.24) is 0 Å². The predicted octanol–water partition coefficient (Wildman–Crippen LogP) is 2.50. The zero-order chi connectivity index (χ0) is 10.9. The number of ether oxygens (including phenoxy) is 1. The van der Waals surface area contributed by atoms with Gasteiger partial charge in [-0.3, -0.25) is 0 Å². The van der Waals surface area contributed by atoms with Crippen LogP contribution in [-0.4, -0.2) is 23.9 Å². The topological polar surface area (TPSA) is 29.5 Å². The SMILES string of the molecule is CCCCCC#CC[C@H]1OCCC[C@@H]1O. The first-order valence-electron chi connectivity index (χ1n) is 6.10. The number of rotatable bonds is 4. The molecule has 86 valence electrons. The van der Waals surface area contributed by atoms with E-state index in [1.165, 1.54) is 19.3 Å². The molecule has 0 aromatic carbocycles. The highest BCUT2D eigenvalue weighted by atomic mass is 16.5. The van der Waals surface area contributed by atoms with Gasteiger partial charge in [-0.2, -0.15) is 0 Å². The quantitative estimate of drug-likeness (QED) is 0.570. The van der Waals surface area contributed by atoms with Crippen LogP contribution in [0.15, 0.2) is 0 Å². The minimum absolute atomic E-state index is 0.0441. The van der Waals surface area contributed by atoms with E-state index < -0.39 is 0 Å². The van der Waals surface area contributed by atoms with Crippen molar-refractivity contribution in [2.75, 3.05) is 6.61 Å². The van der Waals surface area contributed by atoms with Gasteiger partial charge in [-0.05, 0) is 19.3 Å². The van der Waals surface area contributed by atoms with Crippen LogP contribution >= 0.6 is 0 Å². The minimum Gasteiger partial charge on any atom is -0.390 e. The third-order valence-corrected chi connectivity index (χ3v) is 2.74. The van der Waals surface area contributed by atoms with Gasteiger partial charge in [0.05, 0.1) is 12.2 Å². The smallest absolute Gasteiger partial charge is 0.0942 e. The Balaban J connectivity index is 2.11. The molecular formula is C13H22O2. The fraction of sp³-hybridized carbons (Fsp3) is 0.846. The first kappa shape index (κ1) is 12.5. The third kappa shape index (κ3) is 5.20. The van der Waals surface area contributed by atoms with Gasteiger partial charge >= 0.3 is 0 Å². The average molecular weight is 210 g/mol. The molecule has 1 aliphatic heterocycles. The highest BCUT2D eigenvalue weighted by Crippen LogP contribution is 2.15. The average Bonchev–Trinajstić information content (AvgIpc) is 2.25. The van der Waals surface area contributed by atoms with Crippen LogP contribution in [0.4, 0.5) is 0 Å². The Morgan fingerprint density at radius 3 is 2.93 bits per heavy atom.